The number of ether oxygens (including phenoxy) is 1. The summed E-state index contributed by atoms with van der Waals surface area (Å²) >= 11 is 0. The van der Waals surface area contributed by atoms with Gasteiger partial charge in [-0.15, -0.1) is 0 Å². The fourth-order valence-corrected chi connectivity index (χ4v) is 4.75. The highest BCUT2D eigenvalue weighted by Gasteiger charge is 2.28. The number of nitrogens with one attached hydrogen (secondary N) is 2. The summed E-state index contributed by atoms with van der Waals surface area (Å²) < 4.78 is 6.49. The van der Waals surface area contributed by atoms with Crippen LogP contribution in [0, 0.1) is 5.92 Å². The number of carboxylic acids is 1. The highest BCUT2D eigenvalue weighted by Crippen LogP contribution is 2.31. The van der Waals surface area contributed by atoms with E-state index in [0.29, 0.717) is 22.7 Å². The summed E-state index contributed by atoms with van der Waals surface area (Å²) in [6, 6.07) is 12.4. The number of carbonyl (C=O) groups is 3. The van der Waals surface area contributed by atoms with Crippen molar-refractivity contribution in [3.8, 4) is 11.3 Å². The van der Waals surface area contributed by atoms with Crippen molar-refractivity contribution in [3.05, 3.63) is 54.2 Å². The van der Waals surface area contributed by atoms with Gasteiger partial charge in [0.2, 0.25) is 0 Å². The summed E-state index contributed by atoms with van der Waals surface area (Å²) in [6.07, 6.45) is 6.69. The number of imidazole rings is 1. The molecule has 0 bridgehead atoms. The Morgan fingerprint density at radius 2 is 1.86 bits per heavy atom. The molecule has 4 rings (SSSR count). The number of fused-ring (bicyclic) bond motifs is 1. The highest BCUT2D eigenvalue weighted by atomic mass is 16.5. The van der Waals surface area contributed by atoms with Crippen LogP contribution in [0.3, 0.4) is 0 Å². The minimum Gasteiger partial charge on any atom is -0.481 e. The molecular formula is C26H30N4O5. The van der Waals surface area contributed by atoms with Crippen LogP contribution in [0.5, 0.6) is 0 Å². The Hall–Kier alpha value is -3.88. The van der Waals surface area contributed by atoms with Crippen LogP contribution in [0.4, 0.5) is 5.82 Å². The number of pyridine rings is 1. The molecule has 1 aliphatic rings. The third-order valence-electron chi connectivity index (χ3n) is 6.50. The van der Waals surface area contributed by atoms with Crippen LogP contribution in [0.15, 0.2) is 48.7 Å². The lowest BCUT2D eigenvalue weighted by Gasteiger charge is -2.30. The number of amides is 1. The van der Waals surface area contributed by atoms with Crippen molar-refractivity contribution in [2.75, 3.05) is 19.0 Å². The van der Waals surface area contributed by atoms with Crippen LogP contribution >= 0.6 is 0 Å². The van der Waals surface area contributed by atoms with Crippen molar-refractivity contribution in [1.29, 1.82) is 0 Å². The first kappa shape index (κ1) is 24.3. The van der Waals surface area contributed by atoms with E-state index < -0.39 is 18.0 Å². The molecular weight excluding hydrogens is 448 g/mol. The Kier molecular flexibility index (Phi) is 7.64. The molecule has 1 unspecified atom stereocenters. The smallest absolute Gasteiger partial charge is 0.325 e. The van der Waals surface area contributed by atoms with Crippen LogP contribution < -0.4 is 10.6 Å². The first-order valence-corrected chi connectivity index (χ1v) is 11.9. The van der Waals surface area contributed by atoms with E-state index in [2.05, 4.69) is 10.6 Å². The van der Waals surface area contributed by atoms with Crippen molar-refractivity contribution in [2.45, 2.75) is 44.6 Å². The lowest BCUT2D eigenvalue weighted by Crippen LogP contribution is -2.42. The van der Waals surface area contributed by atoms with Gasteiger partial charge in [-0.3, -0.25) is 18.8 Å². The number of carboxylic acid groups (broad SMARTS) is 1. The average molecular weight is 479 g/mol. The van der Waals surface area contributed by atoms with E-state index in [1.807, 2.05) is 30.3 Å². The van der Waals surface area contributed by atoms with Crippen LogP contribution in [0.2, 0.25) is 0 Å². The van der Waals surface area contributed by atoms with Gasteiger partial charge in [0.15, 0.2) is 5.65 Å². The van der Waals surface area contributed by atoms with E-state index in [9.17, 15) is 19.5 Å². The lowest BCUT2D eigenvalue weighted by atomic mass is 9.82. The van der Waals surface area contributed by atoms with Crippen molar-refractivity contribution < 1.29 is 24.2 Å². The van der Waals surface area contributed by atoms with Gasteiger partial charge in [0.25, 0.3) is 5.91 Å². The van der Waals surface area contributed by atoms with Gasteiger partial charge in [-0.05, 0) is 30.9 Å². The summed E-state index contributed by atoms with van der Waals surface area (Å²) in [4.78, 5) is 41.5. The lowest BCUT2D eigenvalue weighted by molar-refractivity contribution is -0.139. The molecule has 1 atom stereocenters. The molecule has 1 aromatic carbocycles. The largest absolute Gasteiger partial charge is 0.481 e. The molecule has 2 aromatic heterocycles. The molecule has 1 saturated carbocycles. The van der Waals surface area contributed by atoms with Crippen LogP contribution in [0.25, 0.3) is 16.9 Å². The number of benzene rings is 1. The molecule has 0 aliphatic heterocycles. The monoisotopic (exact) mass is 478 g/mol. The fraction of sp³-hybridized carbons (Fsp3) is 0.385. The second-order valence-corrected chi connectivity index (χ2v) is 8.80. The van der Waals surface area contributed by atoms with Crippen LogP contribution in [-0.4, -0.2) is 52.0 Å². The van der Waals surface area contributed by atoms with Gasteiger partial charge in [-0.1, -0.05) is 49.6 Å². The summed E-state index contributed by atoms with van der Waals surface area (Å²) in [5.41, 5.74) is 2.15. The van der Waals surface area contributed by atoms with E-state index in [1.54, 1.807) is 22.7 Å². The first-order chi connectivity index (χ1) is 17.0. The van der Waals surface area contributed by atoms with E-state index in [-0.39, 0.29) is 24.8 Å². The summed E-state index contributed by atoms with van der Waals surface area (Å²) in [6.45, 7) is -0.0666. The topological polar surface area (TPSA) is 122 Å². The van der Waals surface area contributed by atoms with Crippen molar-refractivity contribution in [1.82, 2.24) is 14.7 Å². The maximum atomic E-state index is 13.4. The van der Waals surface area contributed by atoms with Gasteiger partial charge in [-0.2, -0.15) is 0 Å². The number of aromatic nitrogens is 2. The molecule has 0 spiro atoms. The highest BCUT2D eigenvalue weighted by molar-refractivity contribution is 6.01. The molecule has 2 heterocycles. The van der Waals surface area contributed by atoms with E-state index in [0.717, 1.165) is 37.7 Å². The molecule has 1 amide bonds. The number of anilines is 1. The zero-order valence-electron chi connectivity index (χ0n) is 19.7. The summed E-state index contributed by atoms with van der Waals surface area (Å²) in [5.74, 6) is -1.03. The van der Waals surface area contributed by atoms with E-state index in [1.165, 1.54) is 7.11 Å². The van der Waals surface area contributed by atoms with Gasteiger partial charge < -0.3 is 20.5 Å². The third-order valence-corrected chi connectivity index (χ3v) is 6.50. The van der Waals surface area contributed by atoms with Gasteiger partial charge in [0.05, 0.1) is 19.1 Å². The Balaban J connectivity index is 1.70. The third kappa shape index (κ3) is 5.62. The number of esters is 1. The molecule has 0 radical (unpaired) electrons. The van der Waals surface area contributed by atoms with Crippen molar-refractivity contribution in [3.63, 3.8) is 0 Å². The van der Waals surface area contributed by atoms with Gasteiger partial charge in [-0.25, -0.2) is 4.98 Å². The van der Waals surface area contributed by atoms with E-state index >= 15 is 0 Å². The first-order valence-electron chi connectivity index (χ1n) is 11.9. The predicted molar refractivity (Wildman–Crippen MR) is 131 cm³/mol. The predicted octanol–water partition coefficient (Wildman–Crippen LogP) is 3.74. The van der Waals surface area contributed by atoms with E-state index in [4.69, 9.17) is 9.72 Å². The summed E-state index contributed by atoms with van der Waals surface area (Å²) in [7, 11) is 1.32. The molecule has 3 aromatic rings. The van der Waals surface area contributed by atoms with Gasteiger partial charge in [0, 0.05) is 17.8 Å². The summed E-state index contributed by atoms with van der Waals surface area (Å²) in [5, 5.41) is 15.5. The molecule has 1 fully saturated rings. The normalized spacial score (nSPS) is 14.9. The zero-order chi connectivity index (χ0) is 24.8. The number of hydrogen-bond acceptors (Lipinski definition) is 6. The SMILES string of the molecule is COC(=O)CNc1c(-c2ccccc2)nc2c(C(=O)NC(CC(=O)O)C3CCCCC3)cccn12. The number of nitrogens with zero attached hydrogens (tertiary/aromatic N) is 2. The second kappa shape index (κ2) is 11.0. The maximum absolute atomic E-state index is 13.4. The average Bonchev–Trinajstić information content (AvgIpc) is 3.26. The molecule has 35 heavy (non-hydrogen) atoms. The molecule has 9 heteroatoms. The minimum atomic E-state index is -0.930. The number of methoxy groups -OCH3 is 1. The molecule has 184 valence electrons. The number of carbonyl (C=O) groups excluding carboxylic acids is 2. The molecule has 0 saturated heterocycles. The molecule has 3 N–H and O–H groups in total. The Bertz CT molecular complexity index is 1200. The minimum absolute atomic E-state index is 0.0666. The number of aliphatic carboxylic acids is 1. The zero-order valence-corrected chi connectivity index (χ0v) is 19.7. The Morgan fingerprint density at radius 3 is 2.54 bits per heavy atom. The van der Waals surface area contributed by atoms with Gasteiger partial charge in [0.1, 0.15) is 18.1 Å². The quantitative estimate of drug-likeness (QED) is 0.401. The number of rotatable bonds is 9. The number of hydrogen-bond donors (Lipinski definition) is 3. The van der Waals surface area contributed by atoms with Gasteiger partial charge >= 0.3 is 11.9 Å². The standard InChI is InChI=1S/C26H30N4O5/c1-35-22(33)16-27-25-23(18-11-6-3-7-12-18)29-24-19(13-8-14-30(24)25)26(34)28-20(15-21(31)32)17-9-4-2-5-10-17/h3,6-8,11-14,17,20,27H,2,4-5,9-10,15-16H2,1H3,(H,28,34)(H,31,32). The molecule has 1 aliphatic carbocycles. The fourth-order valence-electron chi connectivity index (χ4n) is 4.75. The molecule has 9 nitrogen and oxygen atoms in total. The van der Waals surface area contributed by atoms with Crippen LogP contribution in [0.1, 0.15) is 48.9 Å². The Morgan fingerprint density at radius 1 is 1.11 bits per heavy atom. The van der Waals surface area contributed by atoms with Crippen molar-refractivity contribution in [2.24, 2.45) is 5.92 Å². The maximum Gasteiger partial charge on any atom is 0.325 e. The van der Waals surface area contributed by atoms with Crippen LogP contribution in [-0.2, 0) is 14.3 Å². The van der Waals surface area contributed by atoms with Crippen molar-refractivity contribution >= 4 is 29.3 Å². The second-order valence-electron chi connectivity index (χ2n) is 8.80. The Labute approximate surface area is 203 Å².